The van der Waals surface area contributed by atoms with Crippen molar-refractivity contribution in [3.63, 3.8) is 0 Å². The first-order valence-corrected chi connectivity index (χ1v) is 14.6. The Morgan fingerprint density at radius 3 is 2.57 bits per heavy atom. The maximum atomic E-state index is 13.4. The van der Waals surface area contributed by atoms with E-state index in [0.717, 1.165) is 0 Å². The largest absolute Gasteiger partial charge is 0.453 e. The summed E-state index contributed by atoms with van der Waals surface area (Å²) in [5.74, 6) is -0.339. The van der Waals surface area contributed by atoms with Crippen LogP contribution in [0.2, 0.25) is 10.2 Å². The summed E-state index contributed by atoms with van der Waals surface area (Å²) in [6.07, 6.45) is 6.48. The Morgan fingerprint density at radius 1 is 1.11 bits per heavy atom. The molecule has 5 aromatic rings. The van der Waals surface area contributed by atoms with Gasteiger partial charge in [-0.25, -0.2) is 14.8 Å². The maximum absolute atomic E-state index is 13.4. The van der Waals surface area contributed by atoms with E-state index in [1.54, 1.807) is 68.7 Å². The average molecular weight is 677 g/mol. The van der Waals surface area contributed by atoms with E-state index >= 15 is 0 Å². The molecule has 5 rings (SSSR count). The smallest absolute Gasteiger partial charge is 0.411 e. The molecule has 240 valence electrons. The van der Waals surface area contributed by atoms with Crippen LogP contribution in [0.3, 0.4) is 0 Å². The van der Waals surface area contributed by atoms with Gasteiger partial charge in [0.15, 0.2) is 5.82 Å². The van der Waals surface area contributed by atoms with Crippen LogP contribution in [0.25, 0.3) is 23.0 Å². The summed E-state index contributed by atoms with van der Waals surface area (Å²) >= 11 is 12.8. The van der Waals surface area contributed by atoms with Gasteiger partial charge in [0.25, 0.3) is 0 Å². The third-order valence-electron chi connectivity index (χ3n) is 6.78. The SMILES string of the molecule is COC(=O)Nc1ccc(-c2nc([C@H](CC(=O)N(C)c3cnc(C)cn3)NC(=O)/C=C/c3cc(Cl)ccc3-n3cnnn3)[nH]c2Cl)cc1. The summed E-state index contributed by atoms with van der Waals surface area (Å²) in [6.45, 7) is 1.79. The van der Waals surface area contributed by atoms with E-state index < -0.39 is 18.0 Å². The Morgan fingerprint density at radius 2 is 1.89 bits per heavy atom. The molecule has 0 saturated heterocycles. The number of carbonyl (C=O) groups excluding carboxylic acids is 3. The summed E-state index contributed by atoms with van der Waals surface area (Å²) in [4.78, 5) is 55.7. The number of nitrogens with one attached hydrogen (secondary N) is 3. The molecule has 3 N–H and O–H groups in total. The Hall–Kier alpha value is -5.67. The number of tetrazole rings is 1. The zero-order valence-corrected chi connectivity index (χ0v) is 26.7. The van der Waals surface area contributed by atoms with Gasteiger partial charge in [0.05, 0.1) is 43.3 Å². The van der Waals surface area contributed by atoms with E-state index in [1.807, 2.05) is 0 Å². The number of halogens is 2. The van der Waals surface area contributed by atoms with Gasteiger partial charge >= 0.3 is 6.09 Å². The van der Waals surface area contributed by atoms with E-state index in [0.29, 0.717) is 44.7 Å². The Kier molecular flexibility index (Phi) is 10.2. The third-order valence-corrected chi connectivity index (χ3v) is 7.29. The number of rotatable bonds is 10. The minimum Gasteiger partial charge on any atom is -0.453 e. The molecular weight excluding hydrogens is 649 g/mol. The average Bonchev–Trinajstić information content (AvgIpc) is 3.74. The number of ether oxygens (including phenoxy) is 1. The number of imidazole rings is 1. The molecule has 0 bridgehead atoms. The summed E-state index contributed by atoms with van der Waals surface area (Å²) in [5.41, 5.74) is 3.34. The van der Waals surface area contributed by atoms with E-state index in [-0.39, 0.29) is 23.3 Å². The highest BCUT2D eigenvalue weighted by atomic mass is 35.5. The first-order valence-electron chi connectivity index (χ1n) is 13.9. The molecule has 0 unspecified atom stereocenters. The van der Waals surface area contributed by atoms with E-state index in [1.165, 1.54) is 35.3 Å². The standard InChI is InChI=1S/C30H27Cl2N11O4/c1-17-14-34-24(15-33-17)42(2)26(45)13-22(29-38-27(28(32)39-29)18-4-8-21(9-5-18)36-30(46)47-3)37-25(44)11-6-19-12-20(31)7-10-23(19)43-16-35-40-41-43/h4-12,14-16,22H,13H2,1-3H3,(H,36,46)(H,37,44)(H,38,39)/b11-6+/t22-/m0/s1. The molecule has 0 fully saturated rings. The number of benzene rings is 2. The molecule has 0 radical (unpaired) electrons. The number of amides is 3. The fraction of sp³-hybridized carbons (Fsp3) is 0.167. The number of aryl methyl sites for hydroxylation is 1. The van der Waals surface area contributed by atoms with Gasteiger partial charge in [-0.3, -0.25) is 24.8 Å². The number of anilines is 2. The van der Waals surface area contributed by atoms with Gasteiger partial charge in [-0.05, 0) is 53.8 Å². The van der Waals surface area contributed by atoms with Gasteiger partial charge in [0, 0.05) is 35.0 Å². The van der Waals surface area contributed by atoms with Crippen molar-refractivity contribution in [2.24, 2.45) is 0 Å². The zero-order chi connectivity index (χ0) is 33.5. The first kappa shape index (κ1) is 32.7. The van der Waals surface area contributed by atoms with Gasteiger partial charge in [0.2, 0.25) is 11.8 Å². The second-order valence-corrected chi connectivity index (χ2v) is 10.8. The lowest BCUT2D eigenvalue weighted by Gasteiger charge is -2.20. The molecule has 47 heavy (non-hydrogen) atoms. The predicted octanol–water partition coefficient (Wildman–Crippen LogP) is 4.56. The van der Waals surface area contributed by atoms with Crippen molar-refractivity contribution < 1.29 is 19.1 Å². The van der Waals surface area contributed by atoms with Crippen LogP contribution in [0, 0.1) is 6.92 Å². The van der Waals surface area contributed by atoms with Crippen LogP contribution in [0.15, 0.2) is 67.3 Å². The quantitative estimate of drug-likeness (QED) is 0.177. The number of carbonyl (C=O) groups is 3. The normalized spacial score (nSPS) is 11.7. The monoisotopic (exact) mass is 675 g/mol. The van der Waals surface area contributed by atoms with Crippen molar-refractivity contribution in [1.82, 2.24) is 45.5 Å². The van der Waals surface area contributed by atoms with E-state index in [4.69, 9.17) is 23.2 Å². The summed E-state index contributed by atoms with van der Waals surface area (Å²) < 4.78 is 6.05. The molecule has 0 spiro atoms. The number of H-pyrrole nitrogens is 1. The topological polar surface area (TPSA) is 186 Å². The Bertz CT molecular complexity index is 1910. The summed E-state index contributed by atoms with van der Waals surface area (Å²) in [6, 6.07) is 10.8. The molecule has 0 aliphatic carbocycles. The van der Waals surface area contributed by atoms with E-state index in [9.17, 15) is 14.4 Å². The third kappa shape index (κ3) is 8.14. The second-order valence-electron chi connectivity index (χ2n) is 10.0. The molecule has 0 aliphatic heterocycles. The molecule has 15 nitrogen and oxygen atoms in total. The minimum atomic E-state index is -0.939. The van der Waals surface area contributed by atoms with Crippen LogP contribution in [-0.2, 0) is 14.3 Å². The summed E-state index contributed by atoms with van der Waals surface area (Å²) in [5, 5.41) is 17.3. The minimum absolute atomic E-state index is 0.179. The summed E-state index contributed by atoms with van der Waals surface area (Å²) in [7, 11) is 2.83. The van der Waals surface area contributed by atoms with Crippen LogP contribution < -0.4 is 15.5 Å². The van der Waals surface area contributed by atoms with Crippen LogP contribution >= 0.6 is 23.2 Å². The number of aromatic nitrogens is 8. The fourth-order valence-corrected chi connectivity index (χ4v) is 4.77. The van der Waals surface area contributed by atoms with Crippen LogP contribution in [0.5, 0.6) is 0 Å². The van der Waals surface area contributed by atoms with Crippen molar-refractivity contribution in [1.29, 1.82) is 0 Å². The van der Waals surface area contributed by atoms with Crippen LogP contribution in [0.1, 0.15) is 29.5 Å². The predicted molar refractivity (Wildman–Crippen MR) is 174 cm³/mol. The highest BCUT2D eigenvalue weighted by Gasteiger charge is 2.26. The molecule has 2 aromatic carbocycles. The number of aromatic amines is 1. The number of methoxy groups -OCH3 is 1. The van der Waals surface area contributed by atoms with Gasteiger partial charge in [-0.2, -0.15) is 4.68 Å². The van der Waals surface area contributed by atoms with Crippen molar-refractivity contribution in [3.8, 4) is 16.9 Å². The molecule has 3 heterocycles. The van der Waals surface area contributed by atoms with Gasteiger partial charge < -0.3 is 15.0 Å². The van der Waals surface area contributed by atoms with Crippen molar-refractivity contribution in [2.45, 2.75) is 19.4 Å². The number of nitrogens with zero attached hydrogens (tertiary/aromatic N) is 8. The Balaban J connectivity index is 1.41. The van der Waals surface area contributed by atoms with Crippen molar-refractivity contribution in [2.75, 3.05) is 24.4 Å². The van der Waals surface area contributed by atoms with Gasteiger partial charge in [-0.1, -0.05) is 35.3 Å². The lowest BCUT2D eigenvalue weighted by molar-refractivity contribution is -0.120. The zero-order valence-electron chi connectivity index (χ0n) is 25.2. The van der Waals surface area contributed by atoms with Gasteiger partial charge in [-0.15, -0.1) is 5.10 Å². The highest BCUT2D eigenvalue weighted by molar-refractivity contribution is 6.32. The maximum Gasteiger partial charge on any atom is 0.411 e. The molecular formula is C30H27Cl2N11O4. The van der Waals surface area contributed by atoms with Crippen molar-refractivity contribution in [3.05, 3.63) is 94.5 Å². The fourth-order valence-electron chi connectivity index (χ4n) is 4.34. The lowest BCUT2D eigenvalue weighted by Crippen LogP contribution is -2.35. The molecule has 0 saturated carbocycles. The highest BCUT2D eigenvalue weighted by Crippen LogP contribution is 2.30. The molecule has 3 aromatic heterocycles. The first-order chi connectivity index (χ1) is 22.6. The Labute approximate surface area is 278 Å². The molecule has 1 atom stereocenters. The van der Waals surface area contributed by atoms with E-state index in [2.05, 4.69) is 50.8 Å². The number of hydrogen-bond donors (Lipinski definition) is 3. The second kappa shape index (κ2) is 14.6. The number of hydrogen-bond acceptors (Lipinski definition) is 10. The van der Waals surface area contributed by atoms with Crippen LogP contribution in [-0.4, -0.2) is 72.2 Å². The molecule has 0 aliphatic rings. The molecule has 17 heteroatoms. The molecule has 3 amide bonds. The van der Waals surface area contributed by atoms with Gasteiger partial charge in [0.1, 0.15) is 23.0 Å². The lowest BCUT2D eigenvalue weighted by atomic mass is 10.1. The van der Waals surface area contributed by atoms with Crippen molar-refractivity contribution >= 4 is 58.7 Å². The van der Waals surface area contributed by atoms with Crippen LogP contribution in [0.4, 0.5) is 16.3 Å².